The van der Waals surface area contributed by atoms with E-state index in [1.807, 2.05) is 0 Å². The molecular formula is C34H40F3N9O15P2. The predicted molar refractivity (Wildman–Crippen MR) is 206 cm³/mol. The molecule has 5 heterocycles. The Labute approximate surface area is 352 Å². The van der Waals surface area contributed by atoms with Crippen LogP contribution in [0.15, 0.2) is 66.6 Å². The van der Waals surface area contributed by atoms with E-state index in [0.29, 0.717) is 0 Å². The maximum absolute atomic E-state index is 13.9. The maximum atomic E-state index is 13.9. The van der Waals surface area contributed by atoms with Gasteiger partial charge in [-0.15, -0.1) is 6.58 Å². The maximum Gasteiger partial charge on any atom is 0.472 e. The number of aliphatic hydroxyl groups excluding tert-OH is 1. The van der Waals surface area contributed by atoms with Crippen LogP contribution in [0.25, 0.3) is 11.2 Å². The van der Waals surface area contributed by atoms with Crippen LogP contribution in [0.2, 0.25) is 0 Å². The van der Waals surface area contributed by atoms with Crippen LogP contribution < -0.4 is 22.5 Å². The summed E-state index contributed by atoms with van der Waals surface area (Å²) in [6.07, 6.45) is -11.6. The second kappa shape index (κ2) is 19.3. The minimum atomic E-state index is -5.31. The summed E-state index contributed by atoms with van der Waals surface area (Å²) in [5, 5.41) is 14.1. The first-order valence-electron chi connectivity index (χ1n) is 18.5. The van der Waals surface area contributed by atoms with Gasteiger partial charge in [0.1, 0.15) is 54.3 Å². The smallest absolute Gasteiger partial charge is 0.455 e. The number of aromatic nitrogens is 6. The molecule has 0 saturated carbocycles. The van der Waals surface area contributed by atoms with E-state index in [1.165, 1.54) is 22.9 Å². The molecule has 342 valence electrons. The molecule has 1 amide bonds. The average Bonchev–Trinajstić information content (AvgIpc) is 3.90. The van der Waals surface area contributed by atoms with Gasteiger partial charge in [-0.05, 0) is 30.2 Å². The Morgan fingerprint density at radius 2 is 1.75 bits per heavy atom. The van der Waals surface area contributed by atoms with Gasteiger partial charge in [-0.2, -0.15) is 18.2 Å². The summed E-state index contributed by atoms with van der Waals surface area (Å²) < 4.78 is 99.5. The Kier molecular flexibility index (Phi) is 14.5. The summed E-state index contributed by atoms with van der Waals surface area (Å²) in [6, 6.07) is 3.44. The van der Waals surface area contributed by atoms with Crippen molar-refractivity contribution < 1.29 is 79.5 Å². The molecule has 63 heavy (non-hydrogen) atoms. The Balaban J connectivity index is 1.25. The number of anilines is 2. The Hall–Kier alpha value is -5.18. The largest absolute Gasteiger partial charge is 0.472 e. The lowest BCUT2D eigenvalue weighted by atomic mass is 10.0. The summed E-state index contributed by atoms with van der Waals surface area (Å²) >= 11 is 0. The number of benzene rings is 1. The quantitative estimate of drug-likeness (QED) is 0.0416. The van der Waals surface area contributed by atoms with Gasteiger partial charge < -0.3 is 50.8 Å². The molecule has 3 aromatic heterocycles. The number of carbonyl (C=O) groups is 2. The Morgan fingerprint density at radius 3 is 2.41 bits per heavy atom. The second-order valence-electron chi connectivity index (χ2n) is 14.0. The number of imidazole rings is 1. The minimum Gasteiger partial charge on any atom is -0.455 e. The van der Waals surface area contributed by atoms with Crippen molar-refractivity contribution in [1.82, 2.24) is 34.4 Å². The number of nitrogen functional groups attached to an aromatic ring is 2. The number of hydrogen-bond donors (Lipinski definition) is 7. The molecule has 24 nitrogen and oxygen atoms in total. The van der Waals surface area contributed by atoms with Crippen molar-refractivity contribution in [1.29, 1.82) is 0 Å². The number of phosphoric acid groups is 2. The van der Waals surface area contributed by atoms with E-state index >= 15 is 0 Å². The zero-order valence-electron chi connectivity index (χ0n) is 32.4. The van der Waals surface area contributed by atoms with Gasteiger partial charge in [0, 0.05) is 25.5 Å². The van der Waals surface area contributed by atoms with Gasteiger partial charge in [0.05, 0.1) is 25.1 Å². The van der Waals surface area contributed by atoms with Crippen molar-refractivity contribution in [3.8, 4) is 0 Å². The lowest BCUT2D eigenvalue weighted by molar-refractivity contribution is -0.160. The number of halogens is 3. The number of amides is 1. The normalized spacial score (nSPS) is 24.2. The summed E-state index contributed by atoms with van der Waals surface area (Å²) in [7, 11) is -10.4. The van der Waals surface area contributed by atoms with Crippen molar-refractivity contribution in [3.05, 3.63) is 83.4 Å². The summed E-state index contributed by atoms with van der Waals surface area (Å²) in [5.41, 5.74) is 9.90. The number of hydrogen-bond acceptors (Lipinski definition) is 18. The van der Waals surface area contributed by atoms with E-state index in [1.54, 1.807) is 0 Å². The van der Waals surface area contributed by atoms with Gasteiger partial charge >= 0.3 is 33.5 Å². The number of fused-ring (bicyclic) bond motifs is 1. The fraction of sp³-hybridized carbons (Fsp3) is 0.441. The molecule has 6 rings (SSSR count). The van der Waals surface area contributed by atoms with Crippen LogP contribution in [-0.4, -0.2) is 111 Å². The van der Waals surface area contributed by atoms with Gasteiger partial charge in [-0.25, -0.2) is 33.7 Å². The van der Waals surface area contributed by atoms with E-state index in [9.17, 15) is 56.5 Å². The highest BCUT2D eigenvalue weighted by Crippen LogP contribution is 2.50. The summed E-state index contributed by atoms with van der Waals surface area (Å²) in [4.78, 5) is 84.5. The number of carbonyl (C=O) groups excluding carboxylic acids is 2. The van der Waals surface area contributed by atoms with Crippen LogP contribution in [0.3, 0.4) is 0 Å². The number of phosphoric ester groups is 2. The zero-order valence-corrected chi connectivity index (χ0v) is 34.2. The van der Waals surface area contributed by atoms with E-state index in [-0.39, 0.29) is 47.6 Å². The molecule has 1 aromatic carbocycles. The SMILES string of the molecule is C=CCCC(=O)N[C@H](Cc1ccc(C(F)(F)F)cc1)C(=O)O[C@H]1[C@@H](O)[C@H](n2cnc3c(N)ncnc32)O[C@H]1COP(=O)(O)O[C@H]1C[C@H](n2ccc(N)nc2=O)O[C@@H]1COP(=O)(O)O. The molecule has 2 fully saturated rings. The molecule has 29 heteroatoms. The van der Waals surface area contributed by atoms with Gasteiger partial charge in [-0.3, -0.25) is 27.5 Å². The monoisotopic (exact) mass is 933 g/mol. The van der Waals surface area contributed by atoms with Crippen molar-refractivity contribution >= 4 is 50.3 Å². The number of aliphatic hydroxyl groups is 1. The second-order valence-corrected chi connectivity index (χ2v) is 16.6. The standard InChI is InChI=1S/C34H40F3N9O15P2/c1-2-3-4-24(47)43-19(11-17-5-7-18(8-6-17)34(35,36)37)32(49)60-28-22(59-31(27(28)48)46-16-42-26-29(39)40-15-41-30(26)46)14-57-63(54,55)61-20-12-25(45-10-9-23(38)44-33(45)50)58-21(20)13-56-62(51,52)53/h2,5-10,15-16,19-22,25,27-28,31,48H,1,3-4,11-14H2,(H,43,47)(H,54,55)(H2,38,44,50)(H2,39,40,41)(H2,51,52,53)/t19-,20+,21-,22+,25-,27-,28-,31-/m1/s1. The van der Waals surface area contributed by atoms with E-state index < -0.39 is 114 Å². The molecule has 9 atom stereocenters. The number of ether oxygens (including phenoxy) is 3. The van der Waals surface area contributed by atoms with Crippen molar-refractivity contribution in [2.24, 2.45) is 0 Å². The fourth-order valence-corrected chi connectivity index (χ4v) is 7.88. The van der Waals surface area contributed by atoms with E-state index in [2.05, 4.69) is 36.4 Å². The number of alkyl halides is 3. The number of nitrogens with two attached hydrogens (primary N) is 2. The van der Waals surface area contributed by atoms with E-state index in [4.69, 9.17) is 34.7 Å². The van der Waals surface area contributed by atoms with Crippen LogP contribution in [0, 0.1) is 0 Å². The van der Waals surface area contributed by atoms with Gasteiger partial charge in [-0.1, -0.05) is 18.2 Å². The third kappa shape index (κ3) is 11.9. The molecule has 2 aliphatic heterocycles. The summed E-state index contributed by atoms with van der Waals surface area (Å²) in [6.45, 7) is 1.66. The van der Waals surface area contributed by atoms with Gasteiger partial charge in [0.25, 0.3) is 0 Å². The van der Waals surface area contributed by atoms with Crippen LogP contribution in [-0.2, 0) is 59.1 Å². The predicted octanol–water partition coefficient (Wildman–Crippen LogP) is 1.03. The van der Waals surface area contributed by atoms with Crippen LogP contribution in [0.4, 0.5) is 24.8 Å². The van der Waals surface area contributed by atoms with Crippen LogP contribution in [0.1, 0.15) is 42.8 Å². The molecule has 9 N–H and O–H groups in total. The average molecular weight is 934 g/mol. The Morgan fingerprint density at radius 1 is 1.03 bits per heavy atom. The Bertz CT molecular complexity index is 2460. The number of esters is 1. The van der Waals surface area contributed by atoms with Crippen molar-refractivity contribution in [2.75, 3.05) is 24.7 Å². The lowest BCUT2D eigenvalue weighted by Gasteiger charge is -2.25. The van der Waals surface area contributed by atoms with Crippen LogP contribution in [0.5, 0.6) is 0 Å². The molecule has 0 spiro atoms. The number of allylic oxidation sites excluding steroid dienone is 1. The highest BCUT2D eigenvalue weighted by molar-refractivity contribution is 7.47. The molecule has 2 aliphatic rings. The number of nitrogens with one attached hydrogen (secondary N) is 1. The van der Waals surface area contributed by atoms with E-state index in [0.717, 1.165) is 41.5 Å². The summed E-state index contributed by atoms with van der Waals surface area (Å²) in [5.74, 6) is -2.06. The third-order valence-electron chi connectivity index (χ3n) is 9.56. The number of rotatable bonds is 18. The minimum absolute atomic E-state index is 0.0405. The molecule has 0 bridgehead atoms. The first-order chi connectivity index (χ1) is 29.6. The van der Waals surface area contributed by atoms with Crippen molar-refractivity contribution in [2.45, 2.75) is 80.9 Å². The molecule has 2 saturated heterocycles. The fourth-order valence-electron chi connectivity index (χ4n) is 6.58. The third-order valence-corrected chi connectivity index (χ3v) is 11.1. The lowest BCUT2D eigenvalue weighted by Crippen LogP contribution is -2.47. The molecule has 4 aromatic rings. The topological polar surface area (TPSA) is 347 Å². The van der Waals surface area contributed by atoms with Gasteiger partial charge in [0.15, 0.2) is 23.8 Å². The molecule has 0 aliphatic carbocycles. The number of nitrogens with zero attached hydrogens (tertiary/aromatic N) is 6. The van der Waals surface area contributed by atoms with Crippen molar-refractivity contribution in [3.63, 3.8) is 0 Å². The zero-order chi connectivity index (χ0) is 45.9. The molecule has 1 unspecified atom stereocenters. The first kappa shape index (κ1) is 47.3. The molecular weight excluding hydrogens is 893 g/mol. The highest BCUT2D eigenvalue weighted by Gasteiger charge is 2.50. The van der Waals surface area contributed by atoms with Gasteiger partial charge in [0.2, 0.25) is 5.91 Å². The highest BCUT2D eigenvalue weighted by atomic mass is 31.2. The first-order valence-corrected chi connectivity index (χ1v) is 21.5. The van der Waals surface area contributed by atoms with Crippen LogP contribution >= 0.6 is 15.6 Å². The molecule has 0 radical (unpaired) electrons.